The van der Waals surface area contributed by atoms with Crippen molar-refractivity contribution in [2.45, 2.75) is 38.6 Å². The van der Waals surface area contributed by atoms with Gasteiger partial charge in [0.2, 0.25) is 0 Å². The third-order valence-corrected chi connectivity index (χ3v) is 4.78. The average Bonchev–Trinajstić information content (AvgIpc) is 2.80. The Balaban J connectivity index is 2.32. The molecule has 1 aromatic carbocycles. The summed E-state index contributed by atoms with van der Waals surface area (Å²) in [6.45, 7) is 6.79. The Hall–Kier alpha value is -0.830. The molecule has 1 nitrogen and oxygen atoms in total. The first kappa shape index (κ1) is 15.6. The summed E-state index contributed by atoms with van der Waals surface area (Å²) in [5, 5.41) is 3.45. The SMILES string of the molecule is CNC(Cc1ccc(Cl)s1)c1ccccc1C(C)(C)C. The lowest BCUT2D eigenvalue weighted by molar-refractivity contribution is 0.541. The molecule has 1 aromatic heterocycles. The Morgan fingerprint density at radius 2 is 1.85 bits per heavy atom. The second-order valence-electron chi connectivity index (χ2n) is 6.09. The van der Waals surface area contributed by atoms with Gasteiger partial charge in [0.05, 0.1) is 4.34 Å². The summed E-state index contributed by atoms with van der Waals surface area (Å²) in [5.74, 6) is 0. The van der Waals surface area contributed by atoms with E-state index in [0.29, 0.717) is 6.04 Å². The summed E-state index contributed by atoms with van der Waals surface area (Å²) in [7, 11) is 2.03. The van der Waals surface area contributed by atoms with Crippen LogP contribution in [0.4, 0.5) is 0 Å². The van der Waals surface area contributed by atoms with Crippen molar-refractivity contribution in [2.24, 2.45) is 0 Å². The Bertz CT molecular complexity index is 568. The van der Waals surface area contributed by atoms with Crippen molar-refractivity contribution in [2.75, 3.05) is 7.05 Å². The summed E-state index contributed by atoms with van der Waals surface area (Å²) in [6, 6.07) is 13.1. The molecule has 2 rings (SSSR count). The van der Waals surface area contributed by atoms with Gasteiger partial charge in [0.25, 0.3) is 0 Å². The number of halogens is 1. The van der Waals surface area contributed by atoms with E-state index in [4.69, 9.17) is 11.6 Å². The van der Waals surface area contributed by atoms with Crippen molar-refractivity contribution in [3.63, 3.8) is 0 Å². The summed E-state index contributed by atoms with van der Waals surface area (Å²) >= 11 is 7.70. The van der Waals surface area contributed by atoms with Gasteiger partial charge in [-0.15, -0.1) is 11.3 Å². The highest BCUT2D eigenvalue weighted by Crippen LogP contribution is 2.32. The lowest BCUT2D eigenvalue weighted by atomic mass is 9.81. The van der Waals surface area contributed by atoms with Gasteiger partial charge in [0, 0.05) is 17.3 Å². The zero-order chi connectivity index (χ0) is 14.8. The largest absolute Gasteiger partial charge is 0.313 e. The Kier molecular flexibility index (Phi) is 4.90. The summed E-state index contributed by atoms with van der Waals surface area (Å²) in [6.07, 6.45) is 0.973. The molecule has 1 heterocycles. The fraction of sp³-hybridized carbons (Fsp3) is 0.412. The first-order chi connectivity index (χ1) is 9.41. The van der Waals surface area contributed by atoms with Crippen LogP contribution >= 0.6 is 22.9 Å². The molecular weight excluding hydrogens is 286 g/mol. The van der Waals surface area contributed by atoms with E-state index in [0.717, 1.165) is 10.8 Å². The molecule has 0 amide bonds. The first-order valence-corrected chi connectivity index (χ1v) is 8.12. The van der Waals surface area contributed by atoms with E-state index in [-0.39, 0.29) is 5.41 Å². The van der Waals surface area contributed by atoms with Crippen LogP contribution in [0.15, 0.2) is 36.4 Å². The minimum absolute atomic E-state index is 0.152. The number of benzene rings is 1. The van der Waals surface area contributed by atoms with E-state index in [1.165, 1.54) is 16.0 Å². The van der Waals surface area contributed by atoms with Gasteiger partial charge in [-0.1, -0.05) is 56.6 Å². The number of thiophene rings is 1. The number of nitrogens with one attached hydrogen (secondary N) is 1. The molecule has 1 atom stereocenters. The molecule has 2 aromatic rings. The maximum absolute atomic E-state index is 6.04. The average molecular weight is 308 g/mol. The number of hydrogen-bond donors (Lipinski definition) is 1. The van der Waals surface area contributed by atoms with Crippen molar-refractivity contribution in [3.8, 4) is 0 Å². The molecular formula is C17H22ClNS. The summed E-state index contributed by atoms with van der Waals surface area (Å²) in [4.78, 5) is 1.32. The lowest BCUT2D eigenvalue weighted by Crippen LogP contribution is -2.23. The van der Waals surface area contributed by atoms with Crippen molar-refractivity contribution < 1.29 is 0 Å². The zero-order valence-electron chi connectivity index (χ0n) is 12.5. The van der Waals surface area contributed by atoms with Crippen LogP contribution in [0.2, 0.25) is 4.34 Å². The fourth-order valence-corrected chi connectivity index (χ4v) is 3.65. The van der Waals surface area contributed by atoms with Gasteiger partial charge in [0.1, 0.15) is 0 Å². The van der Waals surface area contributed by atoms with Gasteiger partial charge in [0.15, 0.2) is 0 Å². The highest BCUT2D eigenvalue weighted by Gasteiger charge is 2.22. The molecule has 108 valence electrons. The molecule has 0 aliphatic heterocycles. The Morgan fingerprint density at radius 1 is 1.15 bits per heavy atom. The molecule has 0 fully saturated rings. The first-order valence-electron chi connectivity index (χ1n) is 6.92. The van der Waals surface area contributed by atoms with E-state index in [9.17, 15) is 0 Å². The van der Waals surface area contributed by atoms with Gasteiger partial charge >= 0.3 is 0 Å². The van der Waals surface area contributed by atoms with Gasteiger partial charge in [-0.05, 0) is 35.7 Å². The van der Waals surface area contributed by atoms with Crippen molar-refractivity contribution >= 4 is 22.9 Å². The normalized spacial score (nSPS) is 13.4. The Labute approximate surface area is 131 Å². The monoisotopic (exact) mass is 307 g/mol. The number of hydrogen-bond acceptors (Lipinski definition) is 2. The predicted molar refractivity (Wildman–Crippen MR) is 90.0 cm³/mol. The van der Waals surface area contributed by atoms with Crippen LogP contribution in [-0.4, -0.2) is 7.05 Å². The van der Waals surface area contributed by atoms with Crippen LogP contribution in [0.25, 0.3) is 0 Å². The van der Waals surface area contributed by atoms with Gasteiger partial charge in [-0.3, -0.25) is 0 Å². The van der Waals surface area contributed by atoms with Crippen LogP contribution in [-0.2, 0) is 11.8 Å². The predicted octanol–water partition coefficient (Wildman–Crippen LogP) is 5.20. The third kappa shape index (κ3) is 3.63. The molecule has 1 unspecified atom stereocenters. The molecule has 0 aliphatic carbocycles. The second kappa shape index (κ2) is 6.30. The minimum Gasteiger partial charge on any atom is -0.313 e. The molecule has 0 spiro atoms. The van der Waals surface area contributed by atoms with Crippen molar-refractivity contribution in [1.82, 2.24) is 5.32 Å². The highest BCUT2D eigenvalue weighted by atomic mass is 35.5. The molecule has 20 heavy (non-hydrogen) atoms. The van der Waals surface area contributed by atoms with Crippen LogP contribution in [0.5, 0.6) is 0 Å². The van der Waals surface area contributed by atoms with Gasteiger partial charge in [-0.2, -0.15) is 0 Å². The maximum atomic E-state index is 6.04. The maximum Gasteiger partial charge on any atom is 0.0931 e. The molecule has 0 radical (unpaired) electrons. The van der Waals surface area contributed by atoms with E-state index in [2.05, 4.69) is 56.4 Å². The number of rotatable bonds is 4. The van der Waals surface area contributed by atoms with Gasteiger partial charge in [-0.25, -0.2) is 0 Å². The highest BCUT2D eigenvalue weighted by molar-refractivity contribution is 7.16. The fourth-order valence-electron chi connectivity index (χ4n) is 2.51. The summed E-state index contributed by atoms with van der Waals surface area (Å²) in [5.41, 5.74) is 2.94. The molecule has 3 heteroatoms. The molecule has 0 saturated carbocycles. The lowest BCUT2D eigenvalue weighted by Gasteiger charge is -2.27. The standard InChI is InChI=1S/C17H22ClNS/c1-17(2,3)14-8-6-5-7-13(14)15(19-4)11-12-9-10-16(18)20-12/h5-10,15,19H,11H2,1-4H3. The molecule has 0 saturated heterocycles. The third-order valence-electron chi connectivity index (χ3n) is 3.53. The molecule has 1 N–H and O–H groups in total. The minimum atomic E-state index is 0.152. The smallest absolute Gasteiger partial charge is 0.0931 e. The van der Waals surface area contributed by atoms with Crippen molar-refractivity contribution in [1.29, 1.82) is 0 Å². The van der Waals surface area contributed by atoms with Crippen molar-refractivity contribution in [3.05, 3.63) is 56.7 Å². The molecule has 0 aliphatic rings. The van der Waals surface area contributed by atoms with Crippen LogP contribution < -0.4 is 5.32 Å². The Morgan fingerprint density at radius 3 is 2.40 bits per heavy atom. The van der Waals surface area contributed by atoms with E-state index < -0.39 is 0 Å². The van der Waals surface area contributed by atoms with Crippen LogP contribution in [0.3, 0.4) is 0 Å². The quantitative estimate of drug-likeness (QED) is 0.818. The molecule has 0 bridgehead atoms. The van der Waals surface area contributed by atoms with Crippen LogP contribution in [0, 0.1) is 0 Å². The number of likely N-dealkylation sites (N-methyl/N-ethyl adjacent to an activating group) is 1. The topological polar surface area (TPSA) is 12.0 Å². The van der Waals surface area contributed by atoms with Gasteiger partial charge < -0.3 is 5.32 Å². The van der Waals surface area contributed by atoms with E-state index >= 15 is 0 Å². The van der Waals surface area contributed by atoms with Crippen LogP contribution in [0.1, 0.15) is 42.8 Å². The summed E-state index contributed by atoms with van der Waals surface area (Å²) < 4.78 is 0.860. The van der Waals surface area contributed by atoms with E-state index in [1.54, 1.807) is 11.3 Å². The van der Waals surface area contributed by atoms with E-state index in [1.807, 2.05) is 13.1 Å². The second-order valence-corrected chi connectivity index (χ2v) is 7.89. The zero-order valence-corrected chi connectivity index (χ0v) is 14.1.